The fourth-order valence-corrected chi connectivity index (χ4v) is 11.0. The highest BCUT2D eigenvalue weighted by Gasteiger charge is 2.23. The Morgan fingerprint density at radius 2 is 0.766 bits per heavy atom. The normalized spacial score (nSPS) is 12.1. The number of benzene rings is 11. The van der Waals surface area contributed by atoms with Gasteiger partial charge in [-0.3, -0.25) is 0 Å². The minimum Gasteiger partial charge on any atom is -0.309 e. The van der Waals surface area contributed by atoms with Crippen LogP contribution in [0.3, 0.4) is 0 Å². The van der Waals surface area contributed by atoms with E-state index in [2.05, 4.69) is 240 Å². The molecule has 0 aliphatic heterocycles. The summed E-state index contributed by atoms with van der Waals surface area (Å²) in [5.41, 5.74) is 19.7. The summed E-state index contributed by atoms with van der Waals surface area (Å²) in [4.78, 5) is 0. The van der Waals surface area contributed by atoms with E-state index < -0.39 is 0 Å². The molecule has 0 saturated carbocycles. The van der Waals surface area contributed by atoms with Crippen molar-refractivity contribution < 1.29 is 0 Å². The van der Waals surface area contributed by atoms with Gasteiger partial charge in [-0.25, -0.2) is 0 Å². The highest BCUT2D eigenvalue weighted by Crippen LogP contribution is 2.49. The van der Waals surface area contributed by atoms with Gasteiger partial charge in [-0.1, -0.05) is 182 Å². The lowest BCUT2D eigenvalue weighted by Gasteiger charge is -2.13. The van der Waals surface area contributed by atoms with E-state index in [-0.39, 0.29) is 0 Å². The molecule has 0 radical (unpaired) electrons. The van der Waals surface area contributed by atoms with Crippen molar-refractivity contribution in [3.63, 3.8) is 0 Å². The van der Waals surface area contributed by atoms with Crippen molar-refractivity contribution in [2.75, 3.05) is 0 Å². The molecule has 0 saturated heterocycles. The molecule has 2 heterocycles. The van der Waals surface area contributed by atoms with Crippen LogP contribution in [0.1, 0.15) is 0 Å². The molecular weight excluding hydrogens is 773 g/mol. The highest BCUT2D eigenvalue weighted by atomic mass is 15.0. The molecule has 13 aromatic rings. The topological polar surface area (TPSA) is 9.86 Å². The molecule has 2 nitrogen and oxygen atoms in total. The molecule has 0 fully saturated rings. The molecule has 64 heavy (non-hydrogen) atoms. The summed E-state index contributed by atoms with van der Waals surface area (Å²) in [6.45, 7) is 0. The maximum absolute atomic E-state index is 2.49. The summed E-state index contributed by atoms with van der Waals surface area (Å²) in [6.07, 6.45) is 0. The van der Waals surface area contributed by atoms with Crippen LogP contribution in [0.5, 0.6) is 0 Å². The second-order valence-corrected chi connectivity index (χ2v) is 17.2. The Morgan fingerprint density at radius 3 is 1.58 bits per heavy atom. The largest absolute Gasteiger partial charge is 0.309 e. The van der Waals surface area contributed by atoms with Crippen LogP contribution in [-0.2, 0) is 0 Å². The first kappa shape index (κ1) is 35.2. The van der Waals surface area contributed by atoms with Gasteiger partial charge in [0.25, 0.3) is 0 Å². The Labute approximate surface area is 370 Å². The second-order valence-electron chi connectivity index (χ2n) is 17.2. The Morgan fingerprint density at radius 1 is 0.234 bits per heavy atom. The Bertz CT molecular complexity index is 4020. The molecule has 0 unspecified atom stereocenters. The van der Waals surface area contributed by atoms with Crippen molar-refractivity contribution in [2.24, 2.45) is 0 Å². The monoisotopic (exact) mass is 810 g/mol. The van der Waals surface area contributed by atoms with E-state index in [9.17, 15) is 0 Å². The predicted molar refractivity (Wildman–Crippen MR) is 271 cm³/mol. The van der Waals surface area contributed by atoms with Gasteiger partial charge in [0.1, 0.15) is 0 Å². The number of hydrogen-bond donors (Lipinski definition) is 0. The van der Waals surface area contributed by atoms with Crippen LogP contribution in [0.2, 0.25) is 0 Å². The summed E-state index contributed by atoms with van der Waals surface area (Å²) >= 11 is 0. The van der Waals surface area contributed by atoms with E-state index in [1.165, 1.54) is 121 Å². The van der Waals surface area contributed by atoms with Crippen LogP contribution in [0, 0.1) is 0 Å². The van der Waals surface area contributed by atoms with Gasteiger partial charge in [0.2, 0.25) is 0 Å². The molecule has 0 N–H and O–H groups in total. The fraction of sp³-hybridized carbons (Fsp3) is 0. The zero-order valence-electron chi connectivity index (χ0n) is 34.8. The predicted octanol–water partition coefficient (Wildman–Crippen LogP) is 16.8. The van der Waals surface area contributed by atoms with Crippen molar-refractivity contribution >= 4 is 65.2 Å². The molecule has 2 heteroatoms. The first-order valence-electron chi connectivity index (χ1n) is 22.2. The number of nitrogens with zero attached hydrogens (tertiary/aromatic N) is 2. The maximum Gasteiger partial charge on any atom is 0.0619 e. The minimum absolute atomic E-state index is 1.14. The Hall–Kier alpha value is -8.46. The third-order valence-corrected chi connectivity index (χ3v) is 13.9. The van der Waals surface area contributed by atoms with Gasteiger partial charge in [0.15, 0.2) is 0 Å². The van der Waals surface area contributed by atoms with Crippen molar-refractivity contribution in [3.8, 4) is 67.0 Å². The fourth-order valence-electron chi connectivity index (χ4n) is 11.0. The van der Waals surface area contributed by atoms with E-state index in [0.717, 1.165) is 11.4 Å². The zero-order valence-corrected chi connectivity index (χ0v) is 34.8. The molecule has 296 valence electrons. The highest BCUT2D eigenvalue weighted by molar-refractivity contribution is 6.20. The molecule has 14 rings (SSSR count). The van der Waals surface area contributed by atoms with Gasteiger partial charge in [-0.05, 0) is 120 Å². The summed E-state index contributed by atoms with van der Waals surface area (Å²) < 4.78 is 4.89. The molecule has 1 aliphatic rings. The maximum atomic E-state index is 2.49. The molecule has 0 bridgehead atoms. The van der Waals surface area contributed by atoms with Crippen molar-refractivity contribution in [2.45, 2.75) is 0 Å². The molecule has 11 aromatic carbocycles. The zero-order chi connectivity index (χ0) is 41.9. The molecule has 2 aromatic heterocycles. The first-order chi connectivity index (χ1) is 31.7. The van der Waals surface area contributed by atoms with Gasteiger partial charge in [-0.15, -0.1) is 0 Å². The standard InChI is InChI=1S/C62H38N2/c1-2-15-45(16-3-1)63-58-23-9-8-20-51(58)52-31-27-42(37-59(52)63)43-28-32-53-57-33-26-40-12-4-5-17-48(40)62(57)64(60(53)38-43)46-29-24-39(25-30-46)41-13-10-14-44(36-41)47-34-35-56-50-19-7-6-18-49(50)55-22-11-21-54(47)61(55)56/h1-38H. The van der Waals surface area contributed by atoms with Gasteiger partial charge in [0, 0.05) is 38.3 Å². The lowest BCUT2D eigenvalue weighted by molar-refractivity contribution is 1.18. The van der Waals surface area contributed by atoms with E-state index >= 15 is 0 Å². The van der Waals surface area contributed by atoms with Gasteiger partial charge < -0.3 is 9.13 Å². The number of aromatic nitrogens is 2. The number of para-hydroxylation sites is 2. The Kier molecular flexibility index (Phi) is 7.43. The van der Waals surface area contributed by atoms with Crippen molar-refractivity contribution in [3.05, 3.63) is 231 Å². The molecule has 0 spiro atoms. The lowest BCUT2D eigenvalue weighted by Crippen LogP contribution is -1.95. The van der Waals surface area contributed by atoms with E-state index in [1.807, 2.05) is 0 Å². The quantitative estimate of drug-likeness (QED) is 0.164. The summed E-state index contributed by atoms with van der Waals surface area (Å²) in [7, 11) is 0. The van der Waals surface area contributed by atoms with Crippen molar-refractivity contribution in [1.82, 2.24) is 9.13 Å². The number of fused-ring (bicyclic) bond motifs is 11. The Balaban J connectivity index is 0.906. The van der Waals surface area contributed by atoms with Crippen LogP contribution in [0.4, 0.5) is 0 Å². The number of rotatable bonds is 5. The second kappa shape index (κ2) is 13.5. The average Bonchev–Trinajstić information content (AvgIpc) is 4.00. The van der Waals surface area contributed by atoms with Crippen LogP contribution in [-0.4, -0.2) is 9.13 Å². The first-order valence-corrected chi connectivity index (χ1v) is 22.2. The van der Waals surface area contributed by atoms with E-state index in [1.54, 1.807) is 0 Å². The third-order valence-electron chi connectivity index (χ3n) is 13.9. The minimum atomic E-state index is 1.14. The van der Waals surface area contributed by atoms with Crippen LogP contribution in [0.25, 0.3) is 132 Å². The summed E-state index contributed by atoms with van der Waals surface area (Å²) in [5.74, 6) is 0. The third kappa shape index (κ3) is 5.08. The van der Waals surface area contributed by atoms with Crippen molar-refractivity contribution in [1.29, 1.82) is 0 Å². The molecule has 0 atom stereocenters. The van der Waals surface area contributed by atoms with Gasteiger partial charge in [-0.2, -0.15) is 0 Å². The van der Waals surface area contributed by atoms with Gasteiger partial charge >= 0.3 is 0 Å². The van der Waals surface area contributed by atoms with Crippen LogP contribution >= 0.6 is 0 Å². The van der Waals surface area contributed by atoms with E-state index in [0.29, 0.717) is 0 Å². The molecule has 1 aliphatic carbocycles. The molecule has 0 amide bonds. The number of hydrogen-bond acceptors (Lipinski definition) is 0. The average molecular weight is 811 g/mol. The van der Waals surface area contributed by atoms with Crippen LogP contribution in [0.15, 0.2) is 231 Å². The SMILES string of the molecule is c1ccc(-n2c3ccccc3c3ccc(-c4ccc5c6ccc7ccccc7c6n(-c6ccc(-c7cccc(-c8ccc9c%10c(cccc8%10)-c8ccccc8-9)c7)cc6)c5c4)cc32)cc1. The molecular formula is C62H38N2. The van der Waals surface area contributed by atoms with Crippen LogP contribution < -0.4 is 0 Å². The van der Waals surface area contributed by atoms with Gasteiger partial charge in [0.05, 0.1) is 22.1 Å². The lowest BCUT2D eigenvalue weighted by atomic mass is 9.92. The summed E-state index contributed by atoms with van der Waals surface area (Å²) in [5, 5.41) is 10.2. The van der Waals surface area contributed by atoms with E-state index in [4.69, 9.17) is 0 Å². The summed E-state index contributed by atoms with van der Waals surface area (Å²) in [6, 6.07) is 85.2. The smallest absolute Gasteiger partial charge is 0.0619 e.